The van der Waals surface area contributed by atoms with Gasteiger partial charge in [-0.3, -0.25) is 0 Å². The highest BCUT2D eigenvalue weighted by atomic mass is 35.5. The fourth-order valence-corrected chi connectivity index (χ4v) is 4.06. The van der Waals surface area contributed by atoms with Gasteiger partial charge >= 0.3 is 0 Å². The molecule has 0 aliphatic heterocycles. The Morgan fingerprint density at radius 1 is 1.17 bits per heavy atom. The van der Waals surface area contributed by atoms with Crippen LogP contribution < -0.4 is 10.1 Å². The highest BCUT2D eigenvalue weighted by Crippen LogP contribution is 2.33. The quantitative estimate of drug-likeness (QED) is 0.294. The van der Waals surface area contributed by atoms with Crippen LogP contribution in [0.25, 0.3) is 21.5 Å². The maximum absolute atomic E-state index is 9.54. The number of hydrogen-bond donors (Lipinski definition) is 2. The van der Waals surface area contributed by atoms with E-state index in [4.69, 9.17) is 32.5 Å². The number of aromatic nitrogens is 1. The Balaban J connectivity index is 1.34. The van der Waals surface area contributed by atoms with Crippen LogP contribution in [0.3, 0.4) is 0 Å². The van der Waals surface area contributed by atoms with Gasteiger partial charge in [-0.25, -0.2) is 0 Å². The van der Waals surface area contributed by atoms with Crippen molar-refractivity contribution in [2.45, 2.75) is 6.54 Å². The normalized spacial score (nSPS) is 11.9. The number of hydrogen-bond acceptors (Lipinski definition) is 6. The SMILES string of the molecule is O/C=C(\CNCc1ccc(Cl)c(Cl)c1)COc1cccc(-c2noc3ccsc23)c1. The average Bonchev–Trinajstić information content (AvgIpc) is 3.37. The summed E-state index contributed by atoms with van der Waals surface area (Å²) in [5, 5.41) is 20.0. The summed E-state index contributed by atoms with van der Waals surface area (Å²) in [6, 6.07) is 15.0. The number of aliphatic hydroxyl groups is 1. The maximum atomic E-state index is 9.54. The Morgan fingerprint density at radius 3 is 2.90 bits per heavy atom. The van der Waals surface area contributed by atoms with Gasteiger partial charge in [0.25, 0.3) is 0 Å². The molecule has 30 heavy (non-hydrogen) atoms. The van der Waals surface area contributed by atoms with Crippen LogP contribution in [0.4, 0.5) is 0 Å². The van der Waals surface area contributed by atoms with E-state index in [9.17, 15) is 5.11 Å². The first-order valence-electron chi connectivity index (χ1n) is 9.17. The van der Waals surface area contributed by atoms with Gasteiger partial charge in [0.1, 0.15) is 22.8 Å². The van der Waals surface area contributed by atoms with Crippen molar-refractivity contribution in [3.63, 3.8) is 0 Å². The lowest BCUT2D eigenvalue weighted by Gasteiger charge is -2.11. The average molecular weight is 461 g/mol. The number of ether oxygens (including phenoxy) is 1. The molecule has 0 aliphatic rings. The largest absolute Gasteiger partial charge is 0.515 e. The highest BCUT2D eigenvalue weighted by molar-refractivity contribution is 7.17. The number of rotatable bonds is 8. The molecule has 2 heterocycles. The number of benzene rings is 2. The van der Waals surface area contributed by atoms with Gasteiger partial charge in [-0.2, -0.15) is 0 Å². The van der Waals surface area contributed by atoms with Crippen LogP contribution in [-0.2, 0) is 6.54 Å². The number of nitrogens with one attached hydrogen (secondary N) is 1. The Morgan fingerprint density at radius 2 is 2.07 bits per heavy atom. The predicted molar refractivity (Wildman–Crippen MR) is 122 cm³/mol. The third-order valence-electron chi connectivity index (χ3n) is 4.46. The lowest BCUT2D eigenvalue weighted by Crippen LogP contribution is -2.20. The van der Waals surface area contributed by atoms with Crippen LogP contribution in [0, 0.1) is 0 Å². The van der Waals surface area contributed by atoms with Gasteiger partial charge in [0.05, 0.1) is 16.3 Å². The van der Waals surface area contributed by atoms with Crippen molar-refractivity contribution in [1.29, 1.82) is 0 Å². The number of aliphatic hydroxyl groups excluding tert-OH is 1. The number of halogens is 2. The predicted octanol–water partition coefficient (Wildman–Crippen LogP) is 6.47. The third kappa shape index (κ3) is 4.79. The summed E-state index contributed by atoms with van der Waals surface area (Å²) >= 11 is 13.6. The zero-order chi connectivity index (χ0) is 20.9. The van der Waals surface area contributed by atoms with Crippen molar-refractivity contribution in [3.8, 4) is 17.0 Å². The van der Waals surface area contributed by atoms with E-state index in [0.717, 1.165) is 33.4 Å². The molecule has 0 atom stereocenters. The molecule has 154 valence electrons. The van der Waals surface area contributed by atoms with Gasteiger partial charge in [0.2, 0.25) is 0 Å². The zero-order valence-corrected chi connectivity index (χ0v) is 18.1. The molecule has 0 amide bonds. The molecule has 8 heteroatoms. The maximum Gasteiger partial charge on any atom is 0.178 e. The van der Waals surface area contributed by atoms with Crippen molar-refractivity contribution in [3.05, 3.63) is 81.4 Å². The van der Waals surface area contributed by atoms with E-state index in [2.05, 4.69) is 10.5 Å². The molecule has 0 fully saturated rings. The summed E-state index contributed by atoms with van der Waals surface area (Å²) < 4.78 is 12.2. The van der Waals surface area contributed by atoms with E-state index in [1.54, 1.807) is 17.4 Å². The minimum absolute atomic E-state index is 0.252. The summed E-state index contributed by atoms with van der Waals surface area (Å²) in [6.07, 6.45) is 1.07. The molecule has 0 bridgehead atoms. The molecule has 0 spiro atoms. The van der Waals surface area contributed by atoms with E-state index >= 15 is 0 Å². The first kappa shape index (κ1) is 20.8. The Hall–Kier alpha value is -2.51. The molecule has 5 nitrogen and oxygen atoms in total. The molecule has 0 radical (unpaired) electrons. The fourth-order valence-electron chi connectivity index (χ4n) is 2.92. The monoisotopic (exact) mass is 460 g/mol. The van der Waals surface area contributed by atoms with Crippen molar-refractivity contribution >= 4 is 44.8 Å². The van der Waals surface area contributed by atoms with Crippen LogP contribution in [0.15, 0.2) is 70.3 Å². The van der Waals surface area contributed by atoms with Gasteiger partial charge < -0.3 is 19.7 Å². The highest BCUT2D eigenvalue weighted by Gasteiger charge is 2.12. The minimum Gasteiger partial charge on any atom is -0.515 e. The first-order chi connectivity index (χ1) is 14.6. The van der Waals surface area contributed by atoms with E-state index < -0.39 is 0 Å². The van der Waals surface area contributed by atoms with E-state index in [0.29, 0.717) is 34.5 Å². The van der Waals surface area contributed by atoms with Gasteiger partial charge in [0, 0.05) is 24.2 Å². The van der Waals surface area contributed by atoms with Crippen LogP contribution in [0.5, 0.6) is 5.75 Å². The van der Waals surface area contributed by atoms with Crippen molar-refractivity contribution in [1.82, 2.24) is 10.5 Å². The van der Waals surface area contributed by atoms with Crippen LogP contribution in [0.2, 0.25) is 10.0 Å². The third-order valence-corrected chi connectivity index (χ3v) is 6.10. The molecule has 2 N–H and O–H groups in total. The zero-order valence-electron chi connectivity index (χ0n) is 15.8. The van der Waals surface area contributed by atoms with E-state index in [1.165, 1.54) is 0 Å². The number of thiophene rings is 1. The van der Waals surface area contributed by atoms with E-state index in [-0.39, 0.29) is 6.61 Å². The van der Waals surface area contributed by atoms with Gasteiger partial charge in [-0.15, -0.1) is 11.3 Å². The molecule has 2 aromatic carbocycles. The Labute approximate surface area is 187 Å². The second-order valence-corrected chi connectivity index (χ2v) is 8.33. The van der Waals surface area contributed by atoms with Crippen LogP contribution in [-0.4, -0.2) is 23.4 Å². The Bertz CT molecular complexity index is 1190. The minimum atomic E-state index is 0.252. The molecule has 0 saturated heterocycles. The van der Waals surface area contributed by atoms with Gasteiger partial charge in [0.15, 0.2) is 5.58 Å². The summed E-state index contributed by atoms with van der Waals surface area (Å²) in [7, 11) is 0. The summed E-state index contributed by atoms with van der Waals surface area (Å²) in [4.78, 5) is 0. The molecule has 0 aliphatic carbocycles. The second kappa shape index (κ2) is 9.53. The number of nitrogens with zero attached hydrogens (tertiary/aromatic N) is 1. The smallest absolute Gasteiger partial charge is 0.178 e. The molecule has 0 unspecified atom stereocenters. The molecule has 4 aromatic rings. The first-order valence-corrected chi connectivity index (χ1v) is 10.8. The summed E-state index contributed by atoms with van der Waals surface area (Å²) in [5.41, 5.74) is 4.21. The van der Waals surface area contributed by atoms with Crippen LogP contribution >= 0.6 is 34.5 Å². The lowest BCUT2D eigenvalue weighted by molar-refractivity contribution is 0.338. The molecule has 2 aromatic heterocycles. The van der Waals surface area contributed by atoms with Gasteiger partial charge in [-0.05, 0) is 41.3 Å². The molecule has 0 saturated carbocycles. The fraction of sp³-hybridized carbons (Fsp3) is 0.136. The number of fused-ring (bicyclic) bond motifs is 1. The standard InChI is InChI=1S/C22H18Cl2N2O3S/c23-18-5-4-14(8-19(18)24)10-25-11-15(12-27)13-28-17-3-1-2-16(9-17)21-22-20(29-26-21)6-7-30-22/h1-9,12,25,27H,10-11,13H2/b15-12+. The van der Waals surface area contributed by atoms with Crippen molar-refractivity contribution < 1.29 is 14.4 Å². The topological polar surface area (TPSA) is 67.5 Å². The van der Waals surface area contributed by atoms with E-state index in [1.807, 2.05) is 47.8 Å². The molecular formula is C22H18Cl2N2O3S. The van der Waals surface area contributed by atoms with Crippen molar-refractivity contribution in [2.75, 3.05) is 13.2 Å². The summed E-state index contributed by atoms with van der Waals surface area (Å²) in [5.74, 6) is 0.684. The second-order valence-electron chi connectivity index (χ2n) is 6.60. The summed E-state index contributed by atoms with van der Waals surface area (Å²) in [6.45, 7) is 1.31. The van der Waals surface area contributed by atoms with Crippen molar-refractivity contribution in [2.24, 2.45) is 0 Å². The molecular weight excluding hydrogens is 443 g/mol. The molecule has 4 rings (SSSR count). The van der Waals surface area contributed by atoms with Crippen LogP contribution in [0.1, 0.15) is 5.56 Å². The lowest BCUT2D eigenvalue weighted by atomic mass is 10.1. The Kier molecular flexibility index (Phi) is 6.59. The van der Waals surface area contributed by atoms with Gasteiger partial charge in [-0.1, -0.05) is 46.6 Å².